The van der Waals surface area contributed by atoms with Crippen LogP contribution in [0.3, 0.4) is 0 Å². The zero-order chi connectivity index (χ0) is 17.6. The van der Waals surface area contributed by atoms with Crippen molar-refractivity contribution in [1.82, 2.24) is 5.32 Å². The van der Waals surface area contributed by atoms with E-state index in [0.717, 1.165) is 36.1 Å². The molecule has 1 aromatic carbocycles. The molecule has 0 amide bonds. The molecule has 2 rings (SSSR count). The van der Waals surface area contributed by atoms with E-state index in [1.165, 1.54) is 0 Å². The normalized spacial score (nSPS) is 14.2. The van der Waals surface area contributed by atoms with Crippen molar-refractivity contribution in [2.24, 2.45) is 22.1 Å². The Bertz CT molecular complexity index is 570. The van der Waals surface area contributed by atoms with Crippen LogP contribution in [0.2, 0.25) is 0 Å². The lowest BCUT2D eigenvalue weighted by atomic mass is 9.94. The Morgan fingerprint density at radius 1 is 1.29 bits per heavy atom. The minimum atomic E-state index is -0.0262. The van der Waals surface area contributed by atoms with E-state index in [4.69, 9.17) is 20.2 Å². The molecule has 0 saturated heterocycles. The van der Waals surface area contributed by atoms with E-state index < -0.39 is 0 Å². The van der Waals surface area contributed by atoms with Gasteiger partial charge in [-0.15, -0.1) is 0 Å². The minimum Gasteiger partial charge on any atom is -0.454 e. The van der Waals surface area contributed by atoms with E-state index in [1.807, 2.05) is 18.2 Å². The molecule has 6 heteroatoms. The second kappa shape index (κ2) is 8.24. The molecular weight excluding hydrogens is 304 g/mol. The van der Waals surface area contributed by atoms with Gasteiger partial charge in [-0.25, -0.2) is 0 Å². The number of rotatable bonds is 7. The molecule has 134 valence electrons. The molecule has 0 fully saturated rings. The van der Waals surface area contributed by atoms with Gasteiger partial charge in [-0.2, -0.15) is 0 Å². The molecule has 1 aliphatic rings. The fraction of sp³-hybridized carbons (Fsp3) is 0.611. The molecular formula is C18H30N4O2. The first kappa shape index (κ1) is 18.4. The van der Waals surface area contributed by atoms with Crippen LogP contribution in [-0.4, -0.2) is 32.4 Å². The maximum absolute atomic E-state index is 5.81. The van der Waals surface area contributed by atoms with E-state index in [0.29, 0.717) is 19.0 Å². The largest absolute Gasteiger partial charge is 0.454 e. The molecule has 0 spiro atoms. The molecule has 6 nitrogen and oxygen atoms in total. The van der Waals surface area contributed by atoms with Gasteiger partial charge in [0.15, 0.2) is 17.5 Å². The van der Waals surface area contributed by atoms with Crippen molar-refractivity contribution in [2.45, 2.75) is 34.1 Å². The summed E-state index contributed by atoms with van der Waals surface area (Å²) in [6.45, 7) is 11.0. The summed E-state index contributed by atoms with van der Waals surface area (Å²) in [7, 11) is 0. The third-order valence-corrected chi connectivity index (χ3v) is 3.87. The quantitative estimate of drug-likeness (QED) is 0.528. The number of guanidine groups is 1. The summed E-state index contributed by atoms with van der Waals surface area (Å²) in [6.07, 6.45) is 1.09. The van der Waals surface area contributed by atoms with Crippen molar-refractivity contribution in [3.63, 3.8) is 0 Å². The van der Waals surface area contributed by atoms with Crippen LogP contribution in [0.15, 0.2) is 23.2 Å². The lowest BCUT2D eigenvalue weighted by molar-refractivity contribution is 0.174. The molecule has 24 heavy (non-hydrogen) atoms. The van der Waals surface area contributed by atoms with Crippen LogP contribution in [0.25, 0.3) is 0 Å². The fourth-order valence-corrected chi connectivity index (χ4v) is 2.09. The summed E-state index contributed by atoms with van der Waals surface area (Å²) >= 11 is 0. The Morgan fingerprint density at radius 3 is 2.75 bits per heavy atom. The summed E-state index contributed by atoms with van der Waals surface area (Å²) < 4.78 is 10.8. The number of ether oxygens (including phenoxy) is 2. The Labute approximate surface area is 144 Å². The maximum Gasteiger partial charge on any atom is 0.231 e. The zero-order valence-electron chi connectivity index (χ0n) is 15.2. The molecule has 1 aliphatic heterocycles. The van der Waals surface area contributed by atoms with Gasteiger partial charge in [-0.1, -0.05) is 27.7 Å². The second-order valence-electron chi connectivity index (χ2n) is 7.34. The van der Waals surface area contributed by atoms with E-state index in [-0.39, 0.29) is 12.2 Å². The van der Waals surface area contributed by atoms with Gasteiger partial charge in [0.05, 0.1) is 0 Å². The van der Waals surface area contributed by atoms with Gasteiger partial charge in [0, 0.05) is 24.8 Å². The van der Waals surface area contributed by atoms with Gasteiger partial charge in [-0.3, -0.25) is 4.99 Å². The lowest BCUT2D eigenvalue weighted by Crippen LogP contribution is -2.34. The van der Waals surface area contributed by atoms with Crippen LogP contribution in [0, 0.1) is 11.3 Å². The van der Waals surface area contributed by atoms with Crippen LogP contribution in [0.5, 0.6) is 11.5 Å². The summed E-state index contributed by atoms with van der Waals surface area (Å²) in [4.78, 5) is 4.69. The van der Waals surface area contributed by atoms with Crippen LogP contribution >= 0.6 is 0 Å². The van der Waals surface area contributed by atoms with Crippen LogP contribution in [0.1, 0.15) is 34.1 Å². The van der Waals surface area contributed by atoms with E-state index >= 15 is 0 Å². The van der Waals surface area contributed by atoms with Crippen molar-refractivity contribution in [1.29, 1.82) is 0 Å². The third kappa shape index (κ3) is 5.60. The molecule has 1 heterocycles. The van der Waals surface area contributed by atoms with Crippen molar-refractivity contribution in [2.75, 3.05) is 31.7 Å². The van der Waals surface area contributed by atoms with Crippen LogP contribution in [0.4, 0.5) is 5.69 Å². The molecule has 0 unspecified atom stereocenters. The minimum absolute atomic E-state index is 0.0262. The maximum atomic E-state index is 5.81. The predicted octanol–water partition coefficient (Wildman–Crippen LogP) is 2.80. The SMILES string of the molecule is CC(C)CCNC(=NCC(C)(C)CN)Nc1ccc2c(c1)OCO2. The molecule has 0 atom stereocenters. The summed E-state index contributed by atoms with van der Waals surface area (Å²) in [5, 5.41) is 6.73. The first-order valence-corrected chi connectivity index (χ1v) is 8.55. The first-order chi connectivity index (χ1) is 11.4. The second-order valence-corrected chi connectivity index (χ2v) is 7.34. The van der Waals surface area contributed by atoms with Crippen molar-refractivity contribution in [3.8, 4) is 11.5 Å². The average Bonchev–Trinajstić information content (AvgIpc) is 3.00. The summed E-state index contributed by atoms with van der Waals surface area (Å²) in [6, 6.07) is 5.79. The van der Waals surface area contributed by atoms with Crippen LogP contribution in [-0.2, 0) is 0 Å². The number of benzene rings is 1. The van der Waals surface area contributed by atoms with Crippen molar-refractivity contribution >= 4 is 11.6 Å². The fourth-order valence-electron chi connectivity index (χ4n) is 2.09. The van der Waals surface area contributed by atoms with Gasteiger partial charge >= 0.3 is 0 Å². The molecule has 1 aromatic rings. The molecule has 0 aromatic heterocycles. The lowest BCUT2D eigenvalue weighted by Gasteiger charge is -2.21. The van der Waals surface area contributed by atoms with Gasteiger partial charge in [0.25, 0.3) is 0 Å². The highest BCUT2D eigenvalue weighted by atomic mass is 16.7. The monoisotopic (exact) mass is 334 g/mol. The van der Waals surface area contributed by atoms with Gasteiger partial charge in [0.1, 0.15) is 0 Å². The van der Waals surface area contributed by atoms with Gasteiger partial charge < -0.3 is 25.8 Å². The number of hydrogen-bond acceptors (Lipinski definition) is 4. The number of nitrogens with two attached hydrogens (primary N) is 1. The standard InChI is InChI=1S/C18H30N4O2/c1-13(2)7-8-20-17(21-11-18(3,4)10-19)22-14-5-6-15-16(9-14)24-12-23-15/h5-6,9,13H,7-8,10-12,19H2,1-4H3,(H2,20,21,22). The van der Waals surface area contributed by atoms with Crippen LogP contribution < -0.4 is 25.8 Å². The van der Waals surface area contributed by atoms with E-state index in [1.54, 1.807) is 0 Å². The summed E-state index contributed by atoms with van der Waals surface area (Å²) in [5.41, 5.74) is 6.70. The van der Waals surface area contributed by atoms with Crippen molar-refractivity contribution in [3.05, 3.63) is 18.2 Å². The molecule has 0 aliphatic carbocycles. The zero-order valence-corrected chi connectivity index (χ0v) is 15.2. The molecule has 4 N–H and O–H groups in total. The Kier molecular flexibility index (Phi) is 6.31. The molecule has 0 radical (unpaired) electrons. The topological polar surface area (TPSA) is 80.9 Å². The average molecular weight is 334 g/mol. The summed E-state index contributed by atoms with van der Waals surface area (Å²) in [5.74, 6) is 2.93. The highest BCUT2D eigenvalue weighted by Gasteiger charge is 2.16. The highest BCUT2D eigenvalue weighted by molar-refractivity contribution is 5.94. The van der Waals surface area contributed by atoms with Crippen molar-refractivity contribution < 1.29 is 9.47 Å². The highest BCUT2D eigenvalue weighted by Crippen LogP contribution is 2.34. The number of anilines is 1. The Balaban J connectivity index is 2.05. The first-order valence-electron chi connectivity index (χ1n) is 8.55. The predicted molar refractivity (Wildman–Crippen MR) is 98.8 cm³/mol. The third-order valence-electron chi connectivity index (χ3n) is 3.87. The van der Waals surface area contributed by atoms with Gasteiger partial charge in [0.2, 0.25) is 6.79 Å². The Morgan fingerprint density at radius 2 is 2.04 bits per heavy atom. The number of fused-ring (bicyclic) bond motifs is 1. The Hall–Kier alpha value is -1.95. The van der Waals surface area contributed by atoms with E-state index in [9.17, 15) is 0 Å². The van der Waals surface area contributed by atoms with Gasteiger partial charge in [-0.05, 0) is 36.4 Å². The smallest absolute Gasteiger partial charge is 0.231 e. The molecule has 0 bridgehead atoms. The van der Waals surface area contributed by atoms with E-state index in [2.05, 4.69) is 38.3 Å². The molecule has 0 saturated carbocycles. The number of nitrogens with zero attached hydrogens (tertiary/aromatic N) is 1. The number of aliphatic imine (C=N–C) groups is 1. The number of nitrogens with one attached hydrogen (secondary N) is 2. The number of hydrogen-bond donors (Lipinski definition) is 3.